The number of rotatable bonds is 0. The van der Waals surface area contributed by atoms with E-state index < -0.39 is 0 Å². The van der Waals surface area contributed by atoms with Crippen molar-refractivity contribution in [2.75, 3.05) is 0 Å². The molecule has 0 aliphatic rings. The highest BCUT2D eigenvalue weighted by Crippen LogP contribution is 1.79. The molecule has 1 heterocycles. The zero-order valence-electron chi connectivity index (χ0n) is 5.36. The molecule has 0 radical (unpaired) electrons. The van der Waals surface area contributed by atoms with Gasteiger partial charge in [-0.2, -0.15) is 0 Å². The van der Waals surface area contributed by atoms with Gasteiger partial charge in [-0.3, -0.25) is 0 Å². The highest BCUT2D eigenvalue weighted by atomic mass is 16.5. The fourth-order valence-corrected chi connectivity index (χ4v) is 0.529. The van der Waals surface area contributed by atoms with E-state index in [4.69, 9.17) is 4.52 Å². The van der Waals surface area contributed by atoms with Crippen LogP contribution in [0, 0.1) is 6.92 Å². The second kappa shape index (κ2) is 1.69. The van der Waals surface area contributed by atoms with E-state index in [1.165, 1.54) is 0 Å². The minimum Gasteiger partial charge on any atom is -0.373 e. The maximum absolute atomic E-state index is 4.84. The topological polar surface area (TPSA) is 26.0 Å². The molecule has 0 N–H and O–H groups in total. The molecule has 0 fully saturated rings. The van der Waals surface area contributed by atoms with E-state index in [0.717, 1.165) is 16.8 Å². The zero-order valence-corrected chi connectivity index (χ0v) is 5.36. The van der Waals surface area contributed by atoms with Gasteiger partial charge in [0, 0.05) is 0 Å². The number of aryl methyl sites for hydroxylation is 1. The first-order chi connectivity index (χ1) is 3.72. The molecule has 0 aromatic carbocycles. The summed E-state index contributed by atoms with van der Waals surface area (Å²) in [4.78, 5) is 0. The van der Waals surface area contributed by atoms with E-state index in [0.29, 0.717) is 0 Å². The Balaban J connectivity index is 3.19. The molecule has 4 heteroatoms. The summed E-state index contributed by atoms with van der Waals surface area (Å²) in [5.74, 6) is 0. The first-order valence-corrected chi connectivity index (χ1v) is 2.61. The molecule has 8 heavy (non-hydrogen) atoms. The lowest BCUT2D eigenvalue weighted by atomic mass is 9.86. The van der Waals surface area contributed by atoms with Gasteiger partial charge in [0.15, 0.2) is 7.85 Å². The smallest absolute Gasteiger partial charge is 0.189 e. The Hall–Kier alpha value is -0.660. The summed E-state index contributed by atoms with van der Waals surface area (Å²) in [6.07, 6.45) is 0. The molecule has 0 aliphatic carbocycles. The van der Waals surface area contributed by atoms with Crippen molar-refractivity contribution in [2.24, 2.45) is 0 Å². The van der Waals surface area contributed by atoms with Crippen molar-refractivity contribution in [1.29, 1.82) is 0 Å². The highest BCUT2D eigenvalue weighted by molar-refractivity contribution is 6.47. The van der Waals surface area contributed by atoms with Crippen LogP contribution in [0.4, 0.5) is 0 Å². The molecule has 0 unspecified atom stereocenters. The van der Waals surface area contributed by atoms with Gasteiger partial charge in [-0.05, 0) is 12.4 Å². The SMILES string of the molecule is Bc1onc(C)c1B. The fraction of sp³-hybridized carbons (Fsp3) is 0.250. The van der Waals surface area contributed by atoms with E-state index in [9.17, 15) is 0 Å². The third kappa shape index (κ3) is 0.660. The average molecular weight is 107 g/mol. The molecule has 0 amide bonds. The molecule has 0 atom stereocenters. The van der Waals surface area contributed by atoms with Crippen LogP contribution in [-0.4, -0.2) is 20.8 Å². The Morgan fingerprint density at radius 1 is 1.50 bits per heavy atom. The summed E-state index contributed by atoms with van der Waals surface area (Å²) < 4.78 is 4.84. The van der Waals surface area contributed by atoms with Crippen molar-refractivity contribution in [3.05, 3.63) is 5.69 Å². The summed E-state index contributed by atoms with van der Waals surface area (Å²) in [7, 11) is 3.91. The molecule has 0 spiro atoms. The number of nitrogens with zero attached hydrogens (tertiary/aromatic N) is 1. The van der Waals surface area contributed by atoms with Crippen LogP contribution >= 0.6 is 0 Å². The van der Waals surface area contributed by atoms with Gasteiger partial charge >= 0.3 is 0 Å². The molecule has 0 bridgehead atoms. The Morgan fingerprint density at radius 2 is 2.12 bits per heavy atom. The van der Waals surface area contributed by atoms with Crippen LogP contribution in [0.3, 0.4) is 0 Å². The predicted molar refractivity (Wildman–Crippen MR) is 37.6 cm³/mol. The summed E-state index contributed by atoms with van der Waals surface area (Å²) >= 11 is 0. The first kappa shape index (κ1) is 5.48. The van der Waals surface area contributed by atoms with Crippen molar-refractivity contribution in [3.63, 3.8) is 0 Å². The van der Waals surface area contributed by atoms with Gasteiger partial charge in [-0.25, -0.2) is 0 Å². The molecule has 0 saturated carbocycles. The molecule has 0 saturated heterocycles. The number of aromatic nitrogens is 1. The van der Waals surface area contributed by atoms with Crippen LogP contribution in [0.5, 0.6) is 0 Å². The third-order valence-electron chi connectivity index (χ3n) is 1.39. The van der Waals surface area contributed by atoms with Crippen molar-refractivity contribution in [1.82, 2.24) is 5.16 Å². The maximum atomic E-state index is 4.84. The second-order valence-corrected chi connectivity index (χ2v) is 1.95. The van der Waals surface area contributed by atoms with E-state index in [1.54, 1.807) is 0 Å². The number of hydrogen-bond donors (Lipinski definition) is 0. The largest absolute Gasteiger partial charge is 0.373 e. The maximum Gasteiger partial charge on any atom is 0.189 e. The van der Waals surface area contributed by atoms with Gasteiger partial charge in [0.25, 0.3) is 0 Å². The average Bonchev–Trinajstić information content (AvgIpc) is 1.98. The molecule has 40 valence electrons. The standard InChI is InChI=1S/C4H7B2NO/c1-2-3(5)4(6)8-7-2/h5-6H2,1H3. The van der Waals surface area contributed by atoms with Gasteiger partial charge in [-0.1, -0.05) is 5.16 Å². The van der Waals surface area contributed by atoms with Gasteiger partial charge in [0.05, 0.1) is 11.4 Å². The monoisotopic (exact) mass is 107 g/mol. The molecule has 1 aromatic rings. The van der Waals surface area contributed by atoms with Crippen molar-refractivity contribution in [2.45, 2.75) is 6.92 Å². The van der Waals surface area contributed by atoms with Crippen LogP contribution in [0.2, 0.25) is 0 Å². The zero-order chi connectivity index (χ0) is 6.15. The van der Waals surface area contributed by atoms with Crippen LogP contribution in [0.15, 0.2) is 4.52 Å². The van der Waals surface area contributed by atoms with Crippen LogP contribution < -0.4 is 11.1 Å². The third-order valence-corrected chi connectivity index (χ3v) is 1.39. The molecule has 1 rings (SSSR count). The van der Waals surface area contributed by atoms with Gasteiger partial charge < -0.3 is 4.52 Å². The summed E-state index contributed by atoms with van der Waals surface area (Å²) in [6.45, 7) is 1.94. The van der Waals surface area contributed by atoms with E-state index in [2.05, 4.69) is 5.16 Å². The van der Waals surface area contributed by atoms with Crippen LogP contribution in [0.25, 0.3) is 0 Å². The predicted octanol–water partition coefficient (Wildman–Crippen LogP) is -2.50. The Labute approximate surface area is 50.1 Å². The van der Waals surface area contributed by atoms with Gasteiger partial charge in [0.1, 0.15) is 7.85 Å². The lowest BCUT2D eigenvalue weighted by Gasteiger charge is -1.80. The molecule has 0 aliphatic heterocycles. The quantitative estimate of drug-likeness (QED) is 0.342. The molecular weight excluding hydrogens is 99.7 g/mol. The second-order valence-electron chi connectivity index (χ2n) is 1.95. The van der Waals surface area contributed by atoms with Crippen molar-refractivity contribution < 1.29 is 4.52 Å². The highest BCUT2D eigenvalue weighted by Gasteiger charge is 1.99. The van der Waals surface area contributed by atoms with Gasteiger partial charge in [-0.15, -0.1) is 0 Å². The Kier molecular flexibility index (Phi) is 1.16. The Morgan fingerprint density at radius 3 is 2.25 bits per heavy atom. The lowest BCUT2D eigenvalue weighted by molar-refractivity contribution is 0.440. The minimum absolute atomic E-state index is 0.919. The summed E-state index contributed by atoms with van der Waals surface area (Å²) in [6, 6.07) is 0. The lowest BCUT2D eigenvalue weighted by Crippen LogP contribution is -2.22. The number of hydrogen-bond acceptors (Lipinski definition) is 2. The Bertz CT molecular complexity index is 176. The van der Waals surface area contributed by atoms with Crippen LogP contribution in [-0.2, 0) is 0 Å². The van der Waals surface area contributed by atoms with Crippen molar-refractivity contribution in [3.8, 4) is 0 Å². The fourth-order valence-electron chi connectivity index (χ4n) is 0.529. The van der Waals surface area contributed by atoms with E-state index in [1.807, 2.05) is 22.6 Å². The van der Waals surface area contributed by atoms with Crippen molar-refractivity contribution >= 4 is 26.8 Å². The summed E-state index contributed by atoms with van der Waals surface area (Å²) in [5.41, 5.74) is 3.06. The van der Waals surface area contributed by atoms with Crippen LogP contribution in [0.1, 0.15) is 5.69 Å². The summed E-state index contributed by atoms with van der Waals surface area (Å²) in [5, 5.41) is 3.74. The molecular formula is C4H7B2NO. The van der Waals surface area contributed by atoms with E-state index in [-0.39, 0.29) is 0 Å². The van der Waals surface area contributed by atoms with E-state index >= 15 is 0 Å². The van der Waals surface area contributed by atoms with Gasteiger partial charge in [0.2, 0.25) is 0 Å². The minimum atomic E-state index is 0.919. The molecule has 1 aromatic heterocycles. The normalized spacial score (nSPS) is 9.62. The first-order valence-electron chi connectivity index (χ1n) is 2.61. The molecule has 2 nitrogen and oxygen atoms in total.